The van der Waals surface area contributed by atoms with Crippen molar-refractivity contribution < 1.29 is 0 Å². The fraction of sp³-hybridized carbons (Fsp3) is 0.286. The van der Waals surface area contributed by atoms with E-state index in [1.165, 1.54) is 17.5 Å². The van der Waals surface area contributed by atoms with E-state index < -0.39 is 0 Å². The van der Waals surface area contributed by atoms with Crippen molar-refractivity contribution in [3.8, 4) is 0 Å². The second kappa shape index (κ2) is 7.92. The molecule has 5 nitrogen and oxygen atoms in total. The first-order valence-corrected chi connectivity index (χ1v) is 6.16. The van der Waals surface area contributed by atoms with Crippen molar-refractivity contribution in [2.24, 2.45) is 16.5 Å². The van der Waals surface area contributed by atoms with E-state index in [0.29, 0.717) is 0 Å². The molecule has 0 fully saturated rings. The number of rotatable bonds is 3. The molecule has 0 aromatic heterocycles. The van der Waals surface area contributed by atoms with Gasteiger partial charge in [0.15, 0.2) is 5.96 Å². The summed E-state index contributed by atoms with van der Waals surface area (Å²) in [7, 11) is 0. The van der Waals surface area contributed by atoms with Crippen molar-refractivity contribution in [3.05, 3.63) is 42.0 Å². The van der Waals surface area contributed by atoms with Crippen LogP contribution in [0.15, 0.2) is 35.8 Å². The molecule has 1 aliphatic rings. The molecule has 0 saturated heterocycles. The van der Waals surface area contributed by atoms with Crippen LogP contribution in [0.2, 0.25) is 0 Å². The highest BCUT2D eigenvalue weighted by atomic mass is 15.2. The molecule has 0 amide bonds. The highest BCUT2D eigenvalue weighted by Crippen LogP contribution is 2.09. The Hall–Kier alpha value is -2.30. The van der Waals surface area contributed by atoms with Crippen molar-refractivity contribution in [1.82, 2.24) is 4.90 Å². The maximum Gasteiger partial charge on any atom is 0.183 e. The highest BCUT2D eigenvalue weighted by Gasteiger charge is 2.04. The fourth-order valence-electron chi connectivity index (χ4n) is 1.71. The summed E-state index contributed by atoms with van der Waals surface area (Å²) in [5.74, 6) is -0.333. The average molecular weight is 259 g/mol. The Bertz CT molecular complexity index is 432. The van der Waals surface area contributed by atoms with E-state index in [4.69, 9.17) is 5.41 Å². The normalized spacial score (nSPS) is 13.4. The summed E-state index contributed by atoms with van der Waals surface area (Å²) in [5, 5.41) is 6.06. The van der Waals surface area contributed by atoms with Crippen LogP contribution in [0.3, 0.4) is 0 Å². The second-order valence-electron chi connectivity index (χ2n) is 4.25. The largest absolute Gasteiger partial charge is 0.370 e. The maximum atomic E-state index is 6.06. The van der Waals surface area contributed by atoms with Gasteiger partial charge < -0.3 is 16.4 Å². The quantitative estimate of drug-likeness (QED) is 0.566. The summed E-state index contributed by atoms with van der Waals surface area (Å²) in [6, 6.07) is 8.51. The minimum atomic E-state index is -0.333. The third kappa shape index (κ3) is 6.26. The fourth-order valence-corrected chi connectivity index (χ4v) is 1.71. The van der Waals surface area contributed by atoms with Crippen LogP contribution in [0, 0.1) is 5.41 Å². The standard InChI is InChI=1S/C13H16N2.CH5N3/c1-2-12-4-6-13(7-5-12)10-15-9-3-8-14-11-15;2-1(3)4/h2,4-7,11H,1,3,8-10H2;(H5,2,3,4). The minimum absolute atomic E-state index is 0.333. The van der Waals surface area contributed by atoms with Gasteiger partial charge in [0, 0.05) is 19.6 Å². The van der Waals surface area contributed by atoms with E-state index in [9.17, 15) is 0 Å². The molecular formula is C14H21N5. The lowest BCUT2D eigenvalue weighted by Gasteiger charge is -2.22. The number of nitrogens with two attached hydrogens (primary N) is 2. The zero-order valence-corrected chi connectivity index (χ0v) is 11.0. The van der Waals surface area contributed by atoms with Crippen LogP contribution in [-0.2, 0) is 6.54 Å². The molecule has 0 bridgehead atoms. The molecule has 1 aromatic rings. The highest BCUT2D eigenvalue weighted by molar-refractivity contribution is 5.71. The van der Waals surface area contributed by atoms with Gasteiger partial charge in [0.2, 0.25) is 0 Å². The van der Waals surface area contributed by atoms with Crippen LogP contribution < -0.4 is 11.5 Å². The number of nitrogens with zero attached hydrogens (tertiary/aromatic N) is 2. The summed E-state index contributed by atoms with van der Waals surface area (Å²) in [5.41, 5.74) is 11.4. The lowest BCUT2D eigenvalue weighted by molar-refractivity contribution is 0.401. The first kappa shape index (κ1) is 14.8. The summed E-state index contributed by atoms with van der Waals surface area (Å²) in [6.45, 7) is 6.80. The van der Waals surface area contributed by atoms with Crippen LogP contribution in [0.25, 0.3) is 6.08 Å². The Morgan fingerprint density at radius 2 is 2.00 bits per heavy atom. The van der Waals surface area contributed by atoms with Crippen molar-refractivity contribution in [2.75, 3.05) is 13.1 Å². The van der Waals surface area contributed by atoms with Gasteiger partial charge >= 0.3 is 0 Å². The van der Waals surface area contributed by atoms with Crippen LogP contribution in [0.4, 0.5) is 0 Å². The molecular weight excluding hydrogens is 238 g/mol. The number of benzene rings is 1. The first-order valence-electron chi connectivity index (χ1n) is 6.16. The van der Waals surface area contributed by atoms with E-state index in [2.05, 4.69) is 52.2 Å². The number of aliphatic imine (C=N–C) groups is 1. The van der Waals surface area contributed by atoms with Crippen molar-refractivity contribution in [3.63, 3.8) is 0 Å². The predicted octanol–water partition coefficient (Wildman–Crippen LogP) is 1.40. The Morgan fingerprint density at radius 1 is 1.37 bits per heavy atom. The van der Waals surface area contributed by atoms with Gasteiger partial charge in [-0.1, -0.05) is 36.9 Å². The molecule has 0 saturated carbocycles. The first-order chi connectivity index (χ1) is 9.11. The second-order valence-corrected chi connectivity index (χ2v) is 4.25. The maximum absolute atomic E-state index is 6.06. The van der Waals surface area contributed by atoms with E-state index >= 15 is 0 Å². The molecule has 1 heterocycles. The van der Waals surface area contributed by atoms with Gasteiger partial charge in [0.25, 0.3) is 0 Å². The molecule has 5 heteroatoms. The zero-order chi connectivity index (χ0) is 14.1. The van der Waals surface area contributed by atoms with Gasteiger partial charge in [-0.2, -0.15) is 0 Å². The lowest BCUT2D eigenvalue weighted by Crippen LogP contribution is -2.26. The molecule has 102 valence electrons. The van der Waals surface area contributed by atoms with Crippen LogP contribution in [0.1, 0.15) is 17.5 Å². The number of guanidine groups is 1. The van der Waals surface area contributed by atoms with Gasteiger partial charge in [-0.05, 0) is 17.5 Å². The molecule has 19 heavy (non-hydrogen) atoms. The van der Waals surface area contributed by atoms with E-state index in [-0.39, 0.29) is 5.96 Å². The third-order valence-electron chi connectivity index (χ3n) is 2.58. The van der Waals surface area contributed by atoms with Crippen LogP contribution in [0.5, 0.6) is 0 Å². The van der Waals surface area contributed by atoms with E-state index in [0.717, 1.165) is 19.6 Å². The molecule has 0 unspecified atom stereocenters. The number of hydrogen-bond acceptors (Lipinski definition) is 3. The molecule has 0 atom stereocenters. The summed E-state index contributed by atoms with van der Waals surface area (Å²) < 4.78 is 0. The van der Waals surface area contributed by atoms with Crippen molar-refractivity contribution in [2.45, 2.75) is 13.0 Å². The summed E-state index contributed by atoms with van der Waals surface area (Å²) in [4.78, 5) is 6.53. The van der Waals surface area contributed by atoms with E-state index in [1.807, 2.05) is 12.4 Å². The minimum Gasteiger partial charge on any atom is -0.370 e. The molecule has 1 aromatic carbocycles. The van der Waals surface area contributed by atoms with Gasteiger partial charge in [0.1, 0.15) is 0 Å². The molecule has 1 aliphatic heterocycles. The Labute approximate surface area is 114 Å². The molecule has 0 radical (unpaired) electrons. The SMILES string of the molecule is C=Cc1ccc(CN2C=NCCC2)cc1.N=C(N)N. The van der Waals surface area contributed by atoms with Gasteiger partial charge in [-0.25, -0.2) is 0 Å². The Balaban J connectivity index is 0.000000399. The molecule has 0 aliphatic carbocycles. The van der Waals surface area contributed by atoms with Gasteiger partial charge in [0.05, 0.1) is 6.34 Å². The molecule has 2 rings (SSSR count). The number of nitrogens with one attached hydrogen (secondary N) is 1. The summed E-state index contributed by atoms with van der Waals surface area (Å²) >= 11 is 0. The third-order valence-corrected chi connectivity index (χ3v) is 2.58. The van der Waals surface area contributed by atoms with Crippen LogP contribution in [-0.4, -0.2) is 30.3 Å². The topological polar surface area (TPSA) is 91.5 Å². The predicted molar refractivity (Wildman–Crippen MR) is 81.0 cm³/mol. The zero-order valence-electron chi connectivity index (χ0n) is 11.0. The Kier molecular flexibility index (Phi) is 6.15. The average Bonchev–Trinajstić information content (AvgIpc) is 2.40. The monoisotopic (exact) mass is 259 g/mol. The van der Waals surface area contributed by atoms with Crippen molar-refractivity contribution >= 4 is 18.4 Å². The number of hydrogen-bond donors (Lipinski definition) is 3. The smallest absolute Gasteiger partial charge is 0.183 e. The molecule has 0 spiro atoms. The summed E-state index contributed by atoms with van der Waals surface area (Å²) in [6.07, 6.45) is 5.00. The lowest BCUT2D eigenvalue weighted by atomic mass is 10.1. The van der Waals surface area contributed by atoms with E-state index in [1.54, 1.807) is 0 Å². The van der Waals surface area contributed by atoms with Crippen molar-refractivity contribution in [1.29, 1.82) is 5.41 Å². The van der Waals surface area contributed by atoms with Crippen LogP contribution >= 0.6 is 0 Å². The van der Waals surface area contributed by atoms with Gasteiger partial charge in [-0.3, -0.25) is 10.4 Å². The van der Waals surface area contributed by atoms with Gasteiger partial charge in [-0.15, -0.1) is 0 Å². The Morgan fingerprint density at radius 3 is 2.47 bits per heavy atom. The molecule has 5 N–H and O–H groups in total.